The van der Waals surface area contributed by atoms with Gasteiger partial charge in [-0.2, -0.15) is 0 Å². The average molecular weight is 593 g/mol. The summed E-state index contributed by atoms with van der Waals surface area (Å²) in [5.41, 5.74) is 15.3. The fraction of sp³-hybridized carbons (Fsp3) is 0.179. The molecule has 6 rings (SSSR count). The van der Waals surface area contributed by atoms with Gasteiger partial charge in [0.2, 0.25) is 11.8 Å². The number of nitrogens with one attached hydrogen (secondary N) is 2. The van der Waals surface area contributed by atoms with Gasteiger partial charge >= 0.3 is 0 Å². The average Bonchev–Trinajstić information content (AvgIpc) is 3.73. The molecular formula is C28H28N14O2. The highest BCUT2D eigenvalue weighted by atomic mass is 16.2. The van der Waals surface area contributed by atoms with Crippen LogP contribution in [0.25, 0.3) is 22.3 Å². The van der Waals surface area contributed by atoms with E-state index in [4.69, 9.17) is 11.5 Å². The number of carbonyl (C=O) groups excluding carboxylic acids is 2. The molecule has 0 saturated carbocycles. The smallest absolute Gasteiger partial charge is 0.227 e. The molecule has 6 N–H and O–H groups in total. The second-order valence-electron chi connectivity index (χ2n) is 9.85. The van der Waals surface area contributed by atoms with Crippen molar-refractivity contribution in [1.82, 2.24) is 43.6 Å². The second kappa shape index (κ2) is 12.0. The summed E-state index contributed by atoms with van der Waals surface area (Å²) in [6.07, 6.45) is 8.09. The molecule has 16 nitrogen and oxygen atoms in total. The Hall–Kier alpha value is -6.19. The fourth-order valence-electron chi connectivity index (χ4n) is 4.55. The lowest BCUT2D eigenvalue weighted by molar-refractivity contribution is -0.117. The van der Waals surface area contributed by atoms with Crippen LogP contribution in [0.4, 0.5) is 29.0 Å². The van der Waals surface area contributed by atoms with Crippen LogP contribution in [-0.4, -0.2) is 61.6 Å². The minimum atomic E-state index is -0.166. The third kappa shape index (κ3) is 5.89. The molecule has 0 aliphatic carbocycles. The zero-order chi connectivity index (χ0) is 30.6. The van der Waals surface area contributed by atoms with E-state index >= 15 is 0 Å². The lowest BCUT2D eigenvalue weighted by Gasteiger charge is -2.08. The van der Waals surface area contributed by atoms with E-state index < -0.39 is 0 Å². The third-order valence-electron chi connectivity index (χ3n) is 6.92. The zero-order valence-corrected chi connectivity index (χ0v) is 23.6. The summed E-state index contributed by atoms with van der Waals surface area (Å²) >= 11 is 0. The number of nitrogen functional groups attached to an aromatic ring is 2. The summed E-state index contributed by atoms with van der Waals surface area (Å²) in [5, 5.41) is 5.80. The monoisotopic (exact) mass is 592 g/mol. The number of hydrogen-bond donors (Lipinski definition) is 4. The highest BCUT2D eigenvalue weighted by Gasteiger charge is 2.12. The fourth-order valence-corrected chi connectivity index (χ4v) is 4.55. The number of fused-ring (bicyclic) bond motifs is 2. The molecule has 0 aliphatic rings. The Bertz CT molecular complexity index is 2000. The number of rotatable bonds is 10. The van der Waals surface area contributed by atoms with Gasteiger partial charge < -0.3 is 35.8 Å². The highest BCUT2D eigenvalue weighted by Crippen LogP contribution is 2.21. The molecule has 0 bridgehead atoms. The van der Waals surface area contributed by atoms with Gasteiger partial charge in [0.05, 0.1) is 12.7 Å². The van der Waals surface area contributed by atoms with E-state index in [9.17, 15) is 9.59 Å². The molecule has 0 atom stereocenters. The van der Waals surface area contributed by atoms with Crippen LogP contribution in [0.3, 0.4) is 0 Å². The van der Waals surface area contributed by atoms with Gasteiger partial charge in [0.15, 0.2) is 22.9 Å². The number of hydrogen-bond acceptors (Lipinski definition) is 11. The van der Waals surface area contributed by atoms with Crippen molar-refractivity contribution in [2.45, 2.75) is 25.9 Å². The van der Waals surface area contributed by atoms with Crippen LogP contribution < -0.4 is 22.1 Å². The van der Waals surface area contributed by atoms with Gasteiger partial charge in [-0.25, -0.2) is 34.9 Å². The van der Waals surface area contributed by atoms with Crippen molar-refractivity contribution in [2.75, 3.05) is 22.1 Å². The van der Waals surface area contributed by atoms with E-state index in [-0.39, 0.29) is 24.7 Å². The minimum absolute atomic E-state index is 0.147. The first-order valence-corrected chi connectivity index (χ1v) is 13.6. The molecule has 0 radical (unpaired) electrons. The number of anilines is 4. The highest BCUT2D eigenvalue weighted by molar-refractivity contribution is 5.92. The SMILES string of the molecule is Cn1c(/N=C/c2ccc(NC(=O)CCn3cnc4c(N)ncnc43)cc2)ccc1NC(=O)CCn1cnc2c(N)ncnc21. The Kier molecular flexibility index (Phi) is 7.60. The van der Waals surface area contributed by atoms with E-state index in [1.54, 1.807) is 50.8 Å². The number of aromatic nitrogens is 9. The van der Waals surface area contributed by atoms with Crippen LogP contribution in [0.1, 0.15) is 18.4 Å². The van der Waals surface area contributed by atoms with E-state index in [1.165, 1.54) is 12.7 Å². The Balaban J connectivity index is 0.995. The van der Waals surface area contributed by atoms with Crippen LogP contribution in [-0.2, 0) is 29.7 Å². The quantitative estimate of drug-likeness (QED) is 0.170. The summed E-state index contributed by atoms with van der Waals surface area (Å²) in [5.74, 6) is 1.56. The first-order chi connectivity index (χ1) is 21.4. The van der Waals surface area contributed by atoms with Gasteiger partial charge in [-0.1, -0.05) is 12.1 Å². The van der Waals surface area contributed by atoms with Gasteiger partial charge in [0.25, 0.3) is 0 Å². The molecule has 0 spiro atoms. The lowest BCUT2D eigenvalue weighted by Crippen LogP contribution is -2.16. The first-order valence-electron chi connectivity index (χ1n) is 13.6. The molecule has 0 fully saturated rings. The molecular weight excluding hydrogens is 564 g/mol. The molecule has 16 heteroatoms. The van der Waals surface area contributed by atoms with Crippen molar-refractivity contribution >= 4 is 69.3 Å². The van der Waals surface area contributed by atoms with Crippen LogP contribution in [0.5, 0.6) is 0 Å². The molecule has 0 aliphatic heterocycles. The van der Waals surface area contributed by atoms with Crippen molar-refractivity contribution in [3.63, 3.8) is 0 Å². The van der Waals surface area contributed by atoms with Gasteiger partial charge in [-0.15, -0.1) is 0 Å². The van der Waals surface area contributed by atoms with Crippen LogP contribution in [0, 0.1) is 0 Å². The normalized spacial score (nSPS) is 11.5. The number of nitrogens with two attached hydrogens (primary N) is 2. The summed E-state index contributed by atoms with van der Waals surface area (Å²) < 4.78 is 5.32. The Labute approximate surface area is 249 Å². The maximum Gasteiger partial charge on any atom is 0.227 e. The molecule has 44 heavy (non-hydrogen) atoms. The number of amides is 2. The molecule has 5 heterocycles. The molecule has 5 aromatic heterocycles. The number of imidazole rings is 2. The predicted octanol–water partition coefficient (Wildman–Crippen LogP) is 2.28. The van der Waals surface area contributed by atoms with Crippen molar-refractivity contribution in [2.24, 2.45) is 12.0 Å². The summed E-state index contributed by atoms with van der Waals surface area (Å²) in [6, 6.07) is 10.9. The second-order valence-corrected chi connectivity index (χ2v) is 9.85. The molecule has 6 aromatic rings. The van der Waals surface area contributed by atoms with Crippen LogP contribution in [0.2, 0.25) is 0 Å². The predicted molar refractivity (Wildman–Crippen MR) is 165 cm³/mol. The van der Waals surface area contributed by atoms with E-state index in [0.717, 1.165) is 5.56 Å². The maximum absolute atomic E-state index is 12.6. The van der Waals surface area contributed by atoms with Crippen LogP contribution >= 0.6 is 0 Å². The van der Waals surface area contributed by atoms with E-state index in [2.05, 4.69) is 45.5 Å². The van der Waals surface area contributed by atoms with Gasteiger partial charge in [-0.3, -0.25) is 9.59 Å². The minimum Gasteiger partial charge on any atom is -0.382 e. The lowest BCUT2D eigenvalue weighted by atomic mass is 10.2. The summed E-state index contributed by atoms with van der Waals surface area (Å²) in [4.78, 5) is 54.4. The summed E-state index contributed by atoms with van der Waals surface area (Å²) in [7, 11) is 1.82. The Morgan fingerprint density at radius 3 is 1.93 bits per heavy atom. The number of aliphatic imine (C=N–C) groups is 1. The summed E-state index contributed by atoms with van der Waals surface area (Å²) in [6.45, 7) is 0.785. The topological polar surface area (TPSA) is 215 Å². The van der Waals surface area contributed by atoms with Crippen molar-refractivity contribution in [3.8, 4) is 0 Å². The maximum atomic E-state index is 12.6. The van der Waals surface area contributed by atoms with Crippen molar-refractivity contribution in [3.05, 3.63) is 67.3 Å². The molecule has 222 valence electrons. The molecule has 0 unspecified atom stereocenters. The van der Waals surface area contributed by atoms with Gasteiger partial charge in [0, 0.05) is 44.9 Å². The van der Waals surface area contributed by atoms with E-state index in [0.29, 0.717) is 64.4 Å². The first kappa shape index (κ1) is 28.0. The standard InChI is InChI=1S/C28H28N14O2/c1-40-19(6-7-20(40)39-22(44)9-11-42-16-37-24-26(30)33-14-35-28(24)42)31-12-17-2-4-18(5-3-17)38-21(43)8-10-41-15-36-23-25(29)32-13-34-27(23)41/h2-7,12-16H,8-11H2,1H3,(H,38,43)(H,39,44)(H2,29,32,34)(H2,30,33,35)/b31-12+. The Morgan fingerprint density at radius 2 is 1.34 bits per heavy atom. The van der Waals surface area contributed by atoms with Gasteiger partial charge in [-0.05, 0) is 29.8 Å². The number of carbonyl (C=O) groups is 2. The van der Waals surface area contributed by atoms with Crippen molar-refractivity contribution < 1.29 is 9.59 Å². The third-order valence-corrected chi connectivity index (χ3v) is 6.92. The van der Waals surface area contributed by atoms with E-state index in [1.807, 2.05) is 25.2 Å². The molecule has 2 amide bonds. The number of nitrogens with zero attached hydrogens (tertiary/aromatic N) is 10. The zero-order valence-electron chi connectivity index (χ0n) is 23.6. The number of aryl methyl sites for hydroxylation is 2. The molecule has 0 saturated heterocycles. The van der Waals surface area contributed by atoms with Crippen molar-refractivity contribution in [1.29, 1.82) is 0 Å². The number of benzene rings is 1. The van der Waals surface area contributed by atoms with Gasteiger partial charge in [0.1, 0.15) is 35.3 Å². The Morgan fingerprint density at radius 1 is 0.773 bits per heavy atom. The molecule has 1 aromatic carbocycles. The van der Waals surface area contributed by atoms with Crippen LogP contribution in [0.15, 0.2) is 66.7 Å². The largest absolute Gasteiger partial charge is 0.382 e.